The summed E-state index contributed by atoms with van der Waals surface area (Å²) in [6.07, 6.45) is 0.810. The number of carbonyl (C=O) groups is 1. The number of carbonyl (C=O) groups excluding carboxylic acids is 1. The topological polar surface area (TPSA) is 62.5 Å². The fourth-order valence-corrected chi connectivity index (χ4v) is 3.75. The molecule has 0 aliphatic rings. The van der Waals surface area contributed by atoms with Gasteiger partial charge in [-0.25, -0.2) is 4.39 Å². The van der Waals surface area contributed by atoms with Crippen LogP contribution in [0.15, 0.2) is 65.1 Å². The minimum atomic E-state index is -0.458. The Morgan fingerprint density at radius 2 is 1.84 bits per heavy atom. The maximum atomic E-state index is 13.4. The number of fused-ring (bicyclic) bond motifs is 1. The summed E-state index contributed by atoms with van der Waals surface area (Å²) >= 11 is 0. The molecule has 1 amide bonds. The third kappa shape index (κ3) is 4.01. The normalized spacial score (nSPS) is 11.1. The molecule has 0 spiro atoms. The van der Waals surface area contributed by atoms with E-state index in [2.05, 4.69) is 5.32 Å². The fourth-order valence-electron chi connectivity index (χ4n) is 3.75. The van der Waals surface area contributed by atoms with E-state index in [4.69, 9.17) is 4.42 Å². The molecule has 0 bridgehead atoms. The number of phenols is 1. The molecule has 0 saturated carbocycles. The van der Waals surface area contributed by atoms with Gasteiger partial charge in [0.15, 0.2) is 0 Å². The highest BCUT2D eigenvalue weighted by atomic mass is 19.1. The number of nitrogens with one attached hydrogen (secondary N) is 1. The Labute approximate surface area is 178 Å². The molecule has 1 aromatic heterocycles. The maximum absolute atomic E-state index is 13.4. The number of furan rings is 1. The van der Waals surface area contributed by atoms with Crippen molar-refractivity contribution in [3.8, 4) is 28.2 Å². The highest BCUT2D eigenvalue weighted by Crippen LogP contribution is 2.38. The number of aryl methyl sites for hydroxylation is 1. The Morgan fingerprint density at radius 1 is 1.06 bits per heavy atom. The molecule has 0 atom stereocenters. The summed E-state index contributed by atoms with van der Waals surface area (Å²) in [5.41, 5.74) is 3.77. The van der Waals surface area contributed by atoms with Crippen molar-refractivity contribution in [2.24, 2.45) is 0 Å². The predicted octanol–water partition coefficient (Wildman–Crippen LogP) is 5.87. The van der Waals surface area contributed by atoms with E-state index in [1.165, 1.54) is 19.2 Å². The van der Waals surface area contributed by atoms with E-state index in [1.807, 2.05) is 18.2 Å². The smallest absolute Gasteiger partial charge is 0.255 e. The number of hydrogen-bond donors (Lipinski definition) is 2. The van der Waals surface area contributed by atoms with Gasteiger partial charge in [0.25, 0.3) is 5.91 Å². The molecule has 31 heavy (non-hydrogen) atoms. The van der Waals surface area contributed by atoms with Gasteiger partial charge in [0.2, 0.25) is 0 Å². The van der Waals surface area contributed by atoms with Crippen molar-refractivity contribution in [3.63, 3.8) is 0 Å². The molecule has 0 unspecified atom stereocenters. The number of hydrogen-bond acceptors (Lipinski definition) is 3. The summed E-state index contributed by atoms with van der Waals surface area (Å²) in [7, 11) is 1.53. The fraction of sp³-hybridized carbons (Fsp3) is 0.160. The summed E-state index contributed by atoms with van der Waals surface area (Å²) in [6.45, 7) is -0.458. The van der Waals surface area contributed by atoms with Gasteiger partial charge >= 0.3 is 0 Å². The number of amides is 1. The van der Waals surface area contributed by atoms with Crippen molar-refractivity contribution in [1.82, 2.24) is 5.32 Å². The summed E-state index contributed by atoms with van der Waals surface area (Å²) < 4.78 is 32.4. The zero-order valence-electron chi connectivity index (χ0n) is 16.9. The van der Waals surface area contributed by atoms with E-state index in [9.17, 15) is 18.7 Å². The van der Waals surface area contributed by atoms with E-state index < -0.39 is 6.67 Å². The molecule has 0 fully saturated rings. The number of alkyl halides is 1. The second-order valence-electron chi connectivity index (χ2n) is 7.24. The number of phenolic OH excluding ortho intramolecular Hbond substituents is 1. The zero-order valence-corrected chi connectivity index (χ0v) is 16.9. The lowest BCUT2D eigenvalue weighted by atomic mass is 9.93. The minimum Gasteiger partial charge on any atom is -0.508 e. The molecule has 4 aromatic rings. The van der Waals surface area contributed by atoms with Gasteiger partial charge in [-0.05, 0) is 78.1 Å². The Morgan fingerprint density at radius 3 is 2.52 bits per heavy atom. The molecule has 0 radical (unpaired) electrons. The standard InChI is InChI=1S/C25H21F2NO3/c1-28-25(30)23-21-14-20(16-4-2-6-19(29)12-16)17(5-3-11-26)13-22(21)31-24(23)15-7-9-18(27)10-8-15/h2,4,6-10,12-14,29H,3,5,11H2,1H3,(H,28,30). The third-order valence-corrected chi connectivity index (χ3v) is 5.21. The molecule has 3 aromatic carbocycles. The van der Waals surface area contributed by atoms with E-state index in [0.717, 1.165) is 16.7 Å². The Bertz CT molecular complexity index is 1250. The van der Waals surface area contributed by atoms with Crippen LogP contribution in [0.25, 0.3) is 33.4 Å². The number of aromatic hydroxyl groups is 1. The van der Waals surface area contributed by atoms with E-state index in [1.54, 1.807) is 30.3 Å². The monoisotopic (exact) mass is 421 g/mol. The lowest BCUT2D eigenvalue weighted by molar-refractivity contribution is 0.0964. The van der Waals surface area contributed by atoms with Crippen LogP contribution in [0.5, 0.6) is 5.75 Å². The highest BCUT2D eigenvalue weighted by molar-refractivity contribution is 6.12. The molecular weight excluding hydrogens is 400 g/mol. The Hall–Kier alpha value is -3.67. The van der Waals surface area contributed by atoms with Crippen molar-refractivity contribution < 1.29 is 23.1 Å². The minimum absolute atomic E-state index is 0.111. The lowest BCUT2D eigenvalue weighted by Gasteiger charge is -2.11. The van der Waals surface area contributed by atoms with Crippen LogP contribution in [0.1, 0.15) is 22.3 Å². The molecule has 2 N–H and O–H groups in total. The molecule has 0 aliphatic heterocycles. The highest BCUT2D eigenvalue weighted by Gasteiger charge is 2.23. The van der Waals surface area contributed by atoms with Crippen LogP contribution in [-0.4, -0.2) is 24.7 Å². The van der Waals surface area contributed by atoms with Crippen LogP contribution in [0.2, 0.25) is 0 Å². The number of halogens is 2. The van der Waals surface area contributed by atoms with Crippen molar-refractivity contribution in [2.45, 2.75) is 12.8 Å². The molecule has 158 valence electrons. The Kier molecular flexibility index (Phi) is 5.71. The SMILES string of the molecule is CNC(=O)c1c(-c2ccc(F)cc2)oc2cc(CCCF)c(-c3cccc(O)c3)cc12. The van der Waals surface area contributed by atoms with E-state index in [0.29, 0.717) is 40.7 Å². The molecule has 6 heteroatoms. The van der Waals surface area contributed by atoms with Crippen LogP contribution in [0.3, 0.4) is 0 Å². The van der Waals surface area contributed by atoms with Crippen LogP contribution in [-0.2, 0) is 6.42 Å². The summed E-state index contributed by atoms with van der Waals surface area (Å²) in [6, 6.07) is 16.1. The average Bonchev–Trinajstić information content (AvgIpc) is 3.15. The molecular formula is C25H21F2NO3. The van der Waals surface area contributed by atoms with Crippen LogP contribution in [0, 0.1) is 5.82 Å². The second-order valence-corrected chi connectivity index (χ2v) is 7.24. The quantitative estimate of drug-likeness (QED) is 0.409. The van der Waals surface area contributed by atoms with Crippen molar-refractivity contribution in [3.05, 3.63) is 77.6 Å². The van der Waals surface area contributed by atoms with Crippen molar-refractivity contribution >= 4 is 16.9 Å². The Balaban J connectivity index is 1.99. The van der Waals surface area contributed by atoms with Crippen LogP contribution < -0.4 is 5.32 Å². The predicted molar refractivity (Wildman–Crippen MR) is 116 cm³/mol. The van der Waals surface area contributed by atoms with Gasteiger partial charge in [-0.1, -0.05) is 12.1 Å². The summed E-state index contributed by atoms with van der Waals surface area (Å²) in [5, 5.41) is 13.2. The van der Waals surface area contributed by atoms with Gasteiger partial charge < -0.3 is 14.8 Å². The molecule has 0 aliphatic carbocycles. The lowest BCUT2D eigenvalue weighted by Crippen LogP contribution is -2.18. The number of rotatable bonds is 6. The van der Waals surface area contributed by atoms with Gasteiger partial charge in [0, 0.05) is 18.0 Å². The molecule has 4 rings (SSSR count). The van der Waals surface area contributed by atoms with Crippen molar-refractivity contribution in [1.29, 1.82) is 0 Å². The average molecular weight is 421 g/mol. The maximum Gasteiger partial charge on any atom is 0.255 e. The first-order chi connectivity index (χ1) is 15.0. The largest absolute Gasteiger partial charge is 0.508 e. The van der Waals surface area contributed by atoms with Gasteiger partial charge in [-0.3, -0.25) is 9.18 Å². The first kappa shape index (κ1) is 20.6. The third-order valence-electron chi connectivity index (χ3n) is 5.21. The molecule has 1 heterocycles. The summed E-state index contributed by atoms with van der Waals surface area (Å²) in [4.78, 5) is 12.8. The van der Waals surface area contributed by atoms with E-state index in [-0.39, 0.29) is 17.5 Å². The van der Waals surface area contributed by atoms with Gasteiger partial charge in [0.1, 0.15) is 22.9 Å². The number of benzene rings is 3. The molecule has 4 nitrogen and oxygen atoms in total. The second kappa shape index (κ2) is 8.60. The van der Waals surface area contributed by atoms with Gasteiger partial charge in [-0.2, -0.15) is 0 Å². The van der Waals surface area contributed by atoms with Crippen LogP contribution >= 0.6 is 0 Å². The van der Waals surface area contributed by atoms with Gasteiger partial charge in [0.05, 0.1) is 12.2 Å². The van der Waals surface area contributed by atoms with E-state index >= 15 is 0 Å². The zero-order chi connectivity index (χ0) is 22.0. The first-order valence-electron chi connectivity index (χ1n) is 9.94. The molecule has 0 saturated heterocycles. The summed E-state index contributed by atoms with van der Waals surface area (Å²) in [5.74, 6) is -0.281. The van der Waals surface area contributed by atoms with Crippen molar-refractivity contribution in [2.75, 3.05) is 13.7 Å². The van der Waals surface area contributed by atoms with Gasteiger partial charge in [-0.15, -0.1) is 0 Å². The first-order valence-corrected chi connectivity index (χ1v) is 9.94. The van der Waals surface area contributed by atoms with Crippen LogP contribution in [0.4, 0.5) is 8.78 Å².